The predicted molar refractivity (Wildman–Crippen MR) is 105 cm³/mol. The smallest absolute Gasteiger partial charge is 0.281 e. The molecule has 1 fully saturated rings. The number of amides is 1. The second kappa shape index (κ2) is 7.07. The molecular formula is C20H20N2O2S. The van der Waals surface area contributed by atoms with E-state index in [4.69, 9.17) is 17.0 Å². The molecule has 2 aromatic rings. The van der Waals surface area contributed by atoms with Crippen LogP contribution in [0.3, 0.4) is 0 Å². The Balaban J connectivity index is 1.88. The Bertz CT molecular complexity index is 841. The average molecular weight is 352 g/mol. The largest absolute Gasteiger partial charge is 0.497 e. The maximum absolute atomic E-state index is 12.8. The molecule has 5 heteroatoms. The van der Waals surface area contributed by atoms with Crippen LogP contribution in [0.25, 0.3) is 6.08 Å². The summed E-state index contributed by atoms with van der Waals surface area (Å²) >= 11 is 5.35. The van der Waals surface area contributed by atoms with Crippen LogP contribution in [0.4, 0.5) is 5.69 Å². The molecule has 1 aliphatic rings. The van der Waals surface area contributed by atoms with Crippen LogP contribution in [0.5, 0.6) is 5.75 Å². The molecule has 0 spiro atoms. The van der Waals surface area contributed by atoms with Gasteiger partial charge in [-0.15, -0.1) is 0 Å². The fourth-order valence-electron chi connectivity index (χ4n) is 2.68. The number of methoxy groups -OCH3 is 1. The van der Waals surface area contributed by atoms with Crippen molar-refractivity contribution < 1.29 is 9.53 Å². The summed E-state index contributed by atoms with van der Waals surface area (Å²) in [5.74, 6) is 1.02. The third kappa shape index (κ3) is 3.56. The summed E-state index contributed by atoms with van der Waals surface area (Å²) in [7, 11) is 1.61. The minimum Gasteiger partial charge on any atom is -0.497 e. The van der Waals surface area contributed by atoms with E-state index in [1.165, 1.54) is 10.5 Å². The number of nitrogens with zero attached hydrogens (tertiary/aromatic N) is 1. The second-order valence-electron chi connectivity index (χ2n) is 6.15. The number of hydrogen-bond acceptors (Lipinski definition) is 3. The van der Waals surface area contributed by atoms with Gasteiger partial charge < -0.3 is 10.1 Å². The number of anilines is 1. The average Bonchev–Trinajstić information content (AvgIpc) is 2.88. The van der Waals surface area contributed by atoms with Crippen molar-refractivity contribution in [1.29, 1.82) is 0 Å². The van der Waals surface area contributed by atoms with Gasteiger partial charge in [-0.1, -0.05) is 38.1 Å². The quantitative estimate of drug-likeness (QED) is 0.665. The first-order valence-corrected chi connectivity index (χ1v) is 8.51. The Morgan fingerprint density at radius 1 is 1.16 bits per heavy atom. The molecule has 4 nitrogen and oxygen atoms in total. The minimum absolute atomic E-state index is 0.162. The highest BCUT2D eigenvalue weighted by molar-refractivity contribution is 7.80. The van der Waals surface area contributed by atoms with Gasteiger partial charge >= 0.3 is 0 Å². The minimum atomic E-state index is -0.162. The van der Waals surface area contributed by atoms with E-state index in [9.17, 15) is 4.79 Å². The van der Waals surface area contributed by atoms with Crippen LogP contribution in [0.2, 0.25) is 0 Å². The number of rotatable bonds is 4. The first-order chi connectivity index (χ1) is 12.0. The molecule has 0 aromatic heterocycles. The lowest BCUT2D eigenvalue weighted by Gasteiger charge is -2.15. The zero-order chi connectivity index (χ0) is 18.0. The Kier molecular flexibility index (Phi) is 4.86. The van der Waals surface area contributed by atoms with Crippen molar-refractivity contribution in [2.45, 2.75) is 19.8 Å². The molecule has 1 heterocycles. The predicted octanol–water partition coefficient (Wildman–Crippen LogP) is 4.08. The third-order valence-electron chi connectivity index (χ3n) is 4.10. The maximum atomic E-state index is 12.8. The second-order valence-corrected chi connectivity index (χ2v) is 6.54. The van der Waals surface area contributed by atoms with Crippen molar-refractivity contribution in [1.82, 2.24) is 5.32 Å². The Labute approximate surface area is 153 Å². The molecule has 1 saturated heterocycles. The molecule has 0 bridgehead atoms. The highest BCUT2D eigenvalue weighted by atomic mass is 32.1. The van der Waals surface area contributed by atoms with Crippen LogP contribution in [-0.4, -0.2) is 18.1 Å². The lowest BCUT2D eigenvalue weighted by Crippen LogP contribution is -2.30. The lowest BCUT2D eigenvalue weighted by molar-refractivity contribution is -0.113. The molecule has 3 rings (SSSR count). The molecule has 25 heavy (non-hydrogen) atoms. The number of carbonyl (C=O) groups is 1. The molecule has 128 valence electrons. The summed E-state index contributed by atoms with van der Waals surface area (Å²) in [6.07, 6.45) is 1.78. The van der Waals surface area contributed by atoms with Crippen molar-refractivity contribution in [3.8, 4) is 5.75 Å². The zero-order valence-electron chi connectivity index (χ0n) is 14.4. The molecule has 0 radical (unpaired) electrons. The normalized spacial score (nSPS) is 15.8. The van der Waals surface area contributed by atoms with E-state index in [1.54, 1.807) is 13.2 Å². The van der Waals surface area contributed by atoms with E-state index >= 15 is 0 Å². The van der Waals surface area contributed by atoms with Crippen molar-refractivity contribution in [2.24, 2.45) is 0 Å². The first kappa shape index (κ1) is 17.2. The molecule has 1 aliphatic heterocycles. The van der Waals surface area contributed by atoms with Gasteiger partial charge in [0.1, 0.15) is 11.4 Å². The summed E-state index contributed by atoms with van der Waals surface area (Å²) in [6, 6.07) is 15.4. The van der Waals surface area contributed by atoms with Crippen LogP contribution < -0.4 is 15.0 Å². The molecule has 0 unspecified atom stereocenters. The summed E-state index contributed by atoms with van der Waals surface area (Å²) in [5, 5.41) is 3.39. The van der Waals surface area contributed by atoms with Gasteiger partial charge in [0.2, 0.25) is 0 Å². The number of benzene rings is 2. The van der Waals surface area contributed by atoms with Gasteiger partial charge in [-0.3, -0.25) is 9.69 Å². The summed E-state index contributed by atoms with van der Waals surface area (Å²) < 4.78 is 5.22. The summed E-state index contributed by atoms with van der Waals surface area (Å²) in [6.45, 7) is 4.27. The monoisotopic (exact) mass is 352 g/mol. The van der Waals surface area contributed by atoms with E-state index in [1.807, 2.05) is 48.5 Å². The topological polar surface area (TPSA) is 41.6 Å². The van der Waals surface area contributed by atoms with E-state index in [2.05, 4.69) is 19.2 Å². The molecular weight excluding hydrogens is 332 g/mol. The number of carbonyl (C=O) groups excluding carboxylic acids is 1. The lowest BCUT2D eigenvalue weighted by atomic mass is 10.0. The number of thiocarbonyl (C=S) groups is 1. The van der Waals surface area contributed by atoms with Crippen molar-refractivity contribution in [3.05, 3.63) is 65.4 Å². The van der Waals surface area contributed by atoms with Crippen molar-refractivity contribution >= 4 is 35.0 Å². The fourth-order valence-corrected chi connectivity index (χ4v) is 2.97. The zero-order valence-corrected chi connectivity index (χ0v) is 15.3. The maximum Gasteiger partial charge on any atom is 0.281 e. The Morgan fingerprint density at radius 3 is 2.52 bits per heavy atom. The van der Waals surface area contributed by atoms with Gasteiger partial charge in [0.05, 0.1) is 12.8 Å². The van der Waals surface area contributed by atoms with Crippen LogP contribution >= 0.6 is 12.2 Å². The van der Waals surface area contributed by atoms with Gasteiger partial charge in [-0.25, -0.2) is 0 Å². The molecule has 1 N–H and O–H groups in total. The third-order valence-corrected chi connectivity index (χ3v) is 4.39. The molecule has 0 atom stereocenters. The van der Waals surface area contributed by atoms with Crippen LogP contribution in [-0.2, 0) is 4.79 Å². The van der Waals surface area contributed by atoms with Gasteiger partial charge in [-0.05, 0) is 59.6 Å². The number of ether oxygens (including phenoxy) is 1. The van der Waals surface area contributed by atoms with Gasteiger partial charge in [0.25, 0.3) is 5.91 Å². The fraction of sp³-hybridized carbons (Fsp3) is 0.200. The van der Waals surface area contributed by atoms with E-state index < -0.39 is 0 Å². The SMILES string of the molecule is COc1cccc(/C=C2\NC(=S)N(c3ccc(C(C)C)cc3)C2=O)c1. The molecule has 0 saturated carbocycles. The summed E-state index contributed by atoms with van der Waals surface area (Å²) in [4.78, 5) is 14.3. The van der Waals surface area contributed by atoms with Crippen molar-refractivity contribution in [2.75, 3.05) is 12.0 Å². The highest BCUT2D eigenvalue weighted by Crippen LogP contribution is 2.25. The molecule has 0 aliphatic carbocycles. The Hall–Kier alpha value is -2.66. The van der Waals surface area contributed by atoms with E-state index in [0.717, 1.165) is 17.0 Å². The van der Waals surface area contributed by atoms with Gasteiger partial charge in [0, 0.05) is 0 Å². The van der Waals surface area contributed by atoms with E-state index in [-0.39, 0.29) is 5.91 Å². The van der Waals surface area contributed by atoms with Crippen LogP contribution in [0, 0.1) is 0 Å². The first-order valence-electron chi connectivity index (χ1n) is 8.10. The van der Waals surface area contributed by atoms with Crippen LogP contribution in [0.15, 0.2) is 54.2 Å². The van der Waals surface area contributed by atoms with Gasteiger partial charge in [-0.2, -0.15) is 0 Å². The standard InChI is InChI=1S/C20H20N2O2S/c1-13(2)15-7-9-16(10-8-15)22-19(23)18(21-20(22)25)12-14-5-4-6-17(11-14)24-3/h4-13H,1-3H3,(H,21,25)/b18-12-. The Morgan fingerprint density at radius 2 is 1.88 bits per heavy atom. The van der Waals surface area contributed by atoms with Gasteiger partial charge in [0.15, 0.2) is 5.11 Å². The van der Waals surface area contributed by atoms with Crippen molar-refractivity contribution in [3.63, 3.8) is 0 Å². The van der Waals surface area contributed by atoms with E-state index in [0.29, 0.717) is 16.7 Å². The van der Waals surface area contributed by atoms with Crippen LogP contribution in [0.1, 0.15) is 30.9 Å². The molecule has 1 amide bonds. The molecule has 2 aromatic carbocycles. The number of nitrogens with one attached hydrogen (secondary N) is 1. The number of hydrogen-bond donors (Lipinski definition) is 1. The highest BCUT2D eigenvalue weighted by Gasteiger charge is 2.31. The summed E-state index contributed by atoms with van der Waals surface area (Å²) in [5.41, 5.74) is 3.31.